The third kappa shape index (κ3) is 8.79. The summed E-state index contributed by atoms with van der Waals surface area (Å²) in [5.41, 5.74) is 0. The molecule has 0 aromatic heterocycles. The Labute approximate surface area is 149 Å². The van der Waals surface area contributed by atoms with Gasteiger partial charge in [0, 0.05) is 44.4 Å². The summed E-state index contributed by atoms with van der Waals surface area (Å²) in [6.07, 6.45) is 0. The fraction of sp³-hybridized carbons (Fsp3) is 0.529. The number of thioether (sulfide) groups is 1. The van der Waals surface area contributed by atoms with Gasteiger partial charge in [-0.2, -0.15) is 0 Å². The normalized spacial score (nSPS) is 12.6. The van der Waals surface area contributed by atoms with Crippen LogP contribution in [0.2, 0.25) is 0 Å². The lowest BCUT2D eigenvalue weighted by Gasteiger charge is -2.16. The predicted octanol–water partition coefficient (Wildman–Crippen LogP) is 1.44. The molecule has 1 rings (SSSR count). The summed E-state index contributed by atoms with van der Waals surface area (Å²) in [4.78, 5) is 18.8. The van der Waals surface area contributed by atoms with E-state index in [0.717, 1.165) is 6.54 Å². The van der Waals surface area contributed by atoms with Gasteiger partial charge in [0.2, 0.25) is 5.91 Å². The highest BCUT2D eigenvalue weighted by Gasteiger charge is 2.08. The van der Waals surface area contributed by atoms with E-state index in [0.29, 0.717) is 24.4 Å². The average Bonchev–Trinajstić information content (AvgIpc) is 2.57. The molecule has 24 heavy (non-hydrogen) atoms. The molecule has 134 valence electrons. The Morgan fingerprint density at radius 3 is 2.62 bits per heavy atom. The molecule has 0 radical (unpaired) electrons. The van der Waals surface area contributed by atoms with Crippen molar-refractivity contribution in [3.8, 4) is 0 Å². The van der Waals surface area contributed by atoms with E-state index in [4.69, 9.17) is 4.74 Å². The Hall–Kier alpha value is -1.73. The molecule has 0 spiro atoms. The van der Waals surface area contributed by atoms with Crippen LogP contribution in [0.1, 0.15) is 6.92 Å². The third-order valence-corrected chi connectivity index (χ3v) is 4.22. The van der Waals surface area contributed by atoms with Crippen molar-refractivity contribution in [1.82, 2.24) is 15.5 Å². The molecule has 7 heteroatoms. The number of hydrogen-bond donors (Lipinski definition) is 2. The molecule has 0 saturated carbocycles. The lowest BCUT2D eigenvalue weighted by atomic mass is 10.4. The fourth-order valence-corrected chi connectivity index (χ4v) is 2.69. The second kappa shape index (κ2) is 11.8. The van der Waals surface area contributed by atoms with Crippen LogP contribution < -0.4 is 10.6 Å². The van der Waals surface area contributed by atoms with Gasteiger partial charge in [0.15, 0.2) is 5.96 Å². The first-order valence-electron chi connectivity index (χ1n) is 7.96. The van der Waals surface area contributed by atoms with Crippen molar-refractivity contribution >= 4 is 23.6 Å². The molecule has 2 N–H and O–H groups in total. The Kier molecular flexibility index (Phi) is 9.95. The van der Waals surface area contributed by atoms with E-state index in [9.17, 15) is 4.79 Å². The Morgan fingerprint density at radius 1 is 1.29 bits per heavy atom. The van der Waals surface area contributed by atoms with Crippen LogP contribution >= 0.6 is 11.8 Å². The molecule has 1 aromatic carbocycles. The second-order valence-corrected chi connectivity index (χ2v) is 7.01. The first-order valence-corrected chi connectivity index (χ1v) is 8.84. The number of hydrogen-bond acceptors (Lipinski definition) is 4. The van der Waals surface area contributed by atoms with E-state index in [1.807, 2.05) is 18.2 Å². The van der Waals surface area contributed by atoms with Gasteiger partial charge in [-0.15, -0.1) is 11.8 Å². The molecule has 0 fully saturated rings. The summed E-state index contributed by atoms with van der Waals surface area (Å²) in [5, 5.41) is 6.82. The van der Waals surface area contributed by atoms with E-state index < -0.39 is 0 Å². The third-order valence-electron chi connectivity index (χ3n) is 3.11. The summed E-state index contributed by atoms with van der Waals surface area (Å²) in [5.74, 6) is 0.595. The number of nitrogens with zero attached hydrogens (tertiary/aromatic N) is 2. The molecule has 6 nitrogen and oxygen atoms in total. The highest BCUT2D eigenvalue weighted by atomic mass is 32.2. The lowest BCUT2D eigenvalue weighted by Crippen LogP contribution is -2.42. The number of amides is 1. The molecule has 1 unspecified atom stereocenters. The molecule has 0 aliphatic rings. The molecular weight excluding hydrogens is 324 g/mol. The summed E-state index contributed by atoms with van der Waals surface area (Å²) in [7, 11) is 5.10. The number of nitrogens with one attached hydrogen (secondary N) is 2. The standard InChI is InChI=1S/C17H28N4O2S/c1-14(24-15-8-6-5-7-9-15)12-19-17(18-10-11-23-4)20-13-16(22)21(2)3/h5-9,14H,10-13H2,1-4H3,(H2,18,19,20). The van der Waals surface area contributed by atoms with Crippen LogP contribution in [-0.2, 0) is 9.53 Å². The number of aliphatic imine (C=N–C) groups is 1. The van der Waals surface area contributed by atoms with Crippen molar-refractivity contribution < 1.29 is 9.53 Å². The van der Waals surface area contributed by atoms with Gasteiger partial charge in [-0.3, -0.25) is 4.79 Å². The van der Waals surface area contributed by atoms with Gasteiger partial charge in [-0.25, -0.2) is 4.99 Å². The molecule has 1 atom stereocenters. The maximum Gasteiger partial charge on any atom is 0.243 e. The van der Waals surface area contributed by atoms with Crippen molar-refractivity contribution in [2.75, 3.05) is 47.4 Å². The molecule has 1 aromatic rings. The van der Waals surface area contributed by atoms with Gasteiger partial charge in [-0.05, 0) is 12.1 Å². The largest absolute Gasteiger partial charge is 0.383 e. The first-order chi connectivity index (χ1) is 11.5. The Morgan fingerprint density at radius 2 is 2.00 bits per heavy atom. The van der Waals surface area contributed by atoms with E-state index in [1.165, 1.54) is 9.80 Å². The fourth-order valence-electron chi connectivity index (χ4n) is 1.75. The van der Waals surface area contributed by atoms with Gasteiger partial charge in [0.05, 0.1) is 6.61 Å². The number of ether oxygens (including phenoxy) is 1. The monoisotopic (exact) mass is 352 g/mol. The Balaban J connectivity index is 2.50. The van der Waals surface area contributed by atoms with E-state index in [-0.39, 0.29) is 12.5 Å². The molecule has 0 aliphatic carbocycles. The predicted molar refractivity (Wildman–Crippen MR) is 101 cm³/mol. The maximum absolute atomic E-state index is 11.7. The summed E-state index contributed by atoms with van der Waals surface area (Å²) in [6, 6.07) is 10.3. The van der Waals surface area contributed by atoms with Crippen LogP contribution in [0, 0.1) is 0 Å². The summed E-state index contributed by atoms with van der Waals surface area (Å²) in [6.45, 7) is 4.24. The molecule has 1 amide bonds. The van der Waals surface area contributed by atoms with Crippen LogP contribution in [0.4, 0.5) is 0 Å². The second-order valence-electron chi connectivity index (χ2n) is 5.49. The summed E-state index contributed by atoms with van der Waals surface area (Å²) < 4.78 is 5.04. The number of benzene rings is 1. The zero-order valence-corrected chi connectivity index (χ0v) is 15.7. The van der Waals surface area contributed by atoms with Crippen molar-refractivity contribution in [3.63, 3.8) is 0 Å². The first kappa shape index (κ1) is 20.3. The molecule has 0 bridgehead atoms. The molecule has 0 aliphatic heterocycles. The van der Waals surface area contributed by atoms with Crippen LogP contribution in [0.25, 0.3) is 0 Å². The van der Waals surface area contributed by atoms with E-state index >= 15 is 0 Å². The van der Waals surface area contributed by atoms with Gasteiger partial charge in [0.25, 0.3) is 0 Å². The lowest BCUT2D eigenvalue weighted by molar-refractivity contribution is -0.127. The van der Waals surface area contributed by atoms with Crippen LogP contribution in [0.5, 0.6) is 0 Å². The van der Waals surface area contributed by atoms with Crippen LogP contribution in [0.3, 0.4) is 0 Å². The van der Waals surface area contributed by atoms with Crippen molar-refractivity contribution in [3.05, 3.63) is 30.3 Å². The highest BCUT2D eigenvalue weighted by Crippen LogP contribution is 2.21. The Bertz CT molecular complexity index is 509. The minimum atomic E-state index is -0.0328. The molecule has 0 heterocycles. The van der Waals surface area contributed by atoms with Gasteiger partial charge in [0.1, 0.15) is 6.54 Å². The topological polar surface area (TPSA) is 66.0 Å². The van der Waals surface area contributed by atoms with E-state index in [2.05, 4.69) is 34.7 Å². The van der Waals surface area contributed by atoms with Crippen molar-refractivity contribution in [2.45, 2.75) is 17.1 Å². The minimum Gasteiger partial charge on any atom is -0.383 e. The average molecular weight is 353 g/mol. The number of likely N-dealkylation sites (N-methyl/N-ethyl adjacent to an activating group) is 1. The summed E-state index contributed by atoms with van der Waals surface area (Å²) >= 11 is 1.80. The molecular formula is C17H28N4O2S. The highest BCUT2D eigenvalue weighted by molar-refractivity contribution is 8.00. The zero-order valence-electron chi connectivity index (χ0n) is 14.9. The number of methoxy groups -OCH3 is 1. The van der Waals surface area contributed by atoms with E-state index in [1.54, 1.807) is 33.0 Å². The van der Waals surface area contributed by atoms with Gasteiger partial charge in [-0.1, -0.05) is 25.1 Å². The van der Waals surface area contributed by atoms with Gasteiger partial charge >= 0.3 is 0 Å². The van der Waals surface area contributed by atoms with Crippen molar-refractivity contribution in [1.29, 1.82) is 0 Å². The SMILES string of the molecule is COCCNC(=NCC(=O)N(C)C)NCC(C)Sc1ccccc1. The zero-order chi connectivity index (χ0) is 17.8. The number of rotatable bonds is 9. The minimum absolute atomic E-state index is 0.0328. The molecule has 0 saturated heterocycles. The van der Waals surface area contributed by atoms with Crippen LogP contribution in [-0.4, -0.2) is 69.5 Å². The smallest absolute Gasteiger partial charge is 0.243 e. The number of carbonyl (C=O) groups is 1. The number of carbonyl (C=O) groups excluding carboxylic acids is 1. The van der Waals surface area contributed by atoms with Gasteiger partial charge < -0.3 is 20.3 Å². The van der Waals surface area contributed by atoms with Crippen LogP contribution in [0.15, 0.2) is 40.2 Å². The van der Waals surface area contributed by atoms with Crippen molar-refractivity contribution in [2.24, 2.45) is 4.99 Å². The number of guanidine groups is 1. The quantitative estimate of drug-likeness (QED) is 0.305. The maximum atomic E-state index is 11.7.